The Labute approximate surface area is 119 Å². The van der Waals surface area contributed by atoms with Crippen LogP contribution < -0.4 is 16.0 Å². The fourth-order valence-corrected chi connectivity index (χ4v) is 2.73. The van der Waals surface area contributed by atoms with E-state index >= 15 is 0 Å². The standard InChI is InChI=1S/C15H23N3O2/c1-2-17-15(20)13-4-3-12(16)9-14(13)18-7-5-11(10-18)6-8-19/h3-4,9,11,19H,2,5-8,10,16H2,1H3,(H,17,20). The van der Waals surface area contributed by atoms with E-state index in [0.29, 0.717) is 23.7 Å². The lowest BCUT2D eigenvalue weighted by Gasteiger charge is -2.22. The average Bonchev–Trinajstić information content (AvgIpc) is 2.88. The molecule has 110 valence electrons. The Hall–Kier alpha value is -1.75. The number of amides is 1. The van der Waals surface area contributed by atoms with Gasteiger partial charge in [-0.15, -0.1) is 0 Å². The summed E-state index contributed by atoms with van der Waals surface area (Å²) >= 11 is 0. The highest BCUT2D eigenvalue weighted by Crippen LogP contribution is 2.30. The quantitative estimate of drug-likeness (QED) is 0.707. The molecule has 1 aromatic rings. The molecule has 1 atom stereocenters. The Kier molecular flexibility index (Phi) is 4.84. The third-order valence-electron chi connectivity index (χ3n) is 3.77. The van der Waals surface area contributed by atoms with E-state index < -0.39 is 0 Å². The molecule has 0 radical (unpaired) electrons. The van der Waals surface area contributed by atoms with E-state index in [-0.39, 0.29) is 12.5 Å². The minimum absolute atomic E-state index is 0.0619. The van der Waals surface area contributed by atoms with Crippen molar-refractivity contribution in [3.05, 3.63) is 23.8 Å². The minimum Gasteiger partial charge on any atom is -0.399 e. The maximum absolute atomic E-state index is 12.1. The molecule has 4 N–H and O–H groups in total. The molecule has 5 heteroatoms. The van der Waals surface area contributed by atoms with E-state index in [9.17, 15) is 4.79 Å². The summed E-state index contributed by atoms with van der Waals surface area (Å²) < 4.78 is 0. The number of nitrogens with one attached hydrogen (secondary N) is 1. The molecule has 0 bridgehead atoms. The van der Waals surface area contributed by atoms with Crippen LogP contribution in [-0.4, -0.2) is 37.3 Å². The first-order valence-corrected chi connectivity index (χ1v) is 7.19. The molecule has 0 spiro atoms. The van der Waals surface area contributed by atoms with Crippen LogP contribution in [0.1, 0.15) is 30.1 Å². The molecule has 1 aliphatic heterocycles. The molecule has 1 unspecified atom stereocenters. The number of hydrogen-bond acceptors (Lipinski definition) is 4. The Morgan fingerprint density at radius 2 is 2.35 bits per heavy atom. The van der Waals surface area contributed by atoms with Crippen molar-refractivity contribution >= 4 is 17.3 Å². The van der Waals surface area contributed by atoms with E-state index in [0.717, 1.165) is 31.6 Å². The molecule has 1 aliphatic rings. The Balaban J connectivity index is 2.22. The van der Waals surface area contributed by atoms with Crippen molar-refractivity contribution in [2.75, 3.05) is 36.9 Å². The average molecular weight is 277 g/mol. The monoisotopic (exact) mass is 277 g/mol. The molecular formula is C15H23N3O2. The van der Waals surface area contributed by atoms with Crippen molar-refractivity contribution < 1.29 is 9.90 Å². The van der Waals surface area contributed by atoms with Crippen molar-refractivity contribution in [2.24, 2.45) is 5.92 Å². The fraction of sp³-hybridized carbons (Fsp3) is 0.533. The summed E-state index contributed by atoms with van der Waals surface area (Å²) in [5, 5.41) is 11.9. The second kappa shape index (κ2) is 6.61. The molecule has 1 heterocycles. The second-order valence-corrected chi connectivity index (χ2v) is 5.25. The van der Waals surface area contributed by atoms with Crippen LogP contribution in [0, 0.1) is 5.92 Å². The zero-order valence-electron chi connectivity index (χ0n) is 11.9. The van der Waals surface area contributed by atoms with Gasteiger partial charge in [-0.3, -0.25) is 4.79 Å². The number of nitrogens with two attached hydrogens (primary N) is 1. The molecule has 1 saturated heterocycles. The number of carbonyl (C=O) groups is 1. The number of aliphatic hydroxyl groups is 1. The van der Waals surface area contributed by atoms with Crippen LogP contribution in [0.25, 0.3) is 0 Å². The third-order valence-corrected chi connectivity index (χ3v) is 3.77. The molecule has 1 amide bonds. The highest BCUT2D eigenvalue weighted by molar-refractivity contribution is 6.00. The molecule has 1 fully saturated rings. The van der Waals surface area contributed by atoms with E-state index in [1.807, 2.05) is 13.0 Å². The molecule has 0 saturated carbocycles. The van der Waals surface area contributed by atoms with Gasteiger partial charge in [-0.25, -0.2) is 0 Å². The van der Waals surface area contributed by atoms with Crippen LogP contribution in [-0.2, 0) is 0 Å². The zero-order valence-corrected chi connectivity index (χ0v) is 11.9. The zero-order chi connectivity index (χ0) is 14.5. The van der Waals surface area contributed by atoms with Gasteiger partial charge in [-0.2, -0.15) is 0 Å². The Bertz CT molecular complexity index is 476. The van der Waals surface area contributed by atoms with Crippen LogP contribution in [0.15, 0.2) is 18.2 Å². The topological polar surface area (TPSA) is 78.6 Å². The second-order valence-electron chi connectivity index (χ2n) is 5.25. The van der Waals surface area contributed by atoms with Crippen LogP contribution >= 0.6 is 0 Å². The summed E-state index contributed by atoms with van der Waals surface area (Å²) in [6.45, 7) is 4.51. The Morgan fingerprint density at radius 3 is 3.05 bits per heavy atom. The lowest BCUT2D eigenvalue weighted by atomic mass is 10.1. The van der Waals surface area contributed by atoms with Crippen molar-refractivity contribution in [1.29, 1.82) is 0 Å². The number of benzene rings is 1. The molecule has 5 nitrogen and oxygen atoms in total. The third kappa shape index (κ3) is 3.22. The predicted octanol–water partition coefficient (Wildman–Crippen LogP) is 1.23. The summed E-state index contributed by atoms with van der Waals surface area (Å²) in [6.07, 6.45) is 1.86. The SMILES string of the molecule is CCNC(=O)c1ccc(N)cc1N1CCC(CCO)C1. The summed E-state index contributed by atoms with van der Waals surface area (Å²) in [6, 6.07) is 5.41. The predicted molar refractivity (Wildman–Crippen MR) is 80.9 cm³/mol. The van der Waals surface area contributed by atoms with Gasteiger partial charge < -0.3 is 21.1 Å². The number of anilines is 2. The van der Waals surface area contributed by atoms with Crippen LogP contribution in [0.2, 0.25) is 0 Å². The van der Waals surface area contributed by atoms with Crippen molar-refractivity contribution in [1.82, 2.24) is 5.32 Å². The molecule has 0 aliphatic carbocycles. The summed E-state index contributed by atoms with van der Waals surface area (Å²) in [4.78, 5) is 14.3. The van der Waals surface area contributed by atoms with Gasteiger partial charge in [0.15, 0.2) is 0 Å². The fourth-order valence-electron chi connectivity index (χ4n) is 2.73. The number of aliphatic hydroxyl groups excluding tert-OH is 1. The molecular weight excluding hydrogens is 254 g/mol. The van der Waals surface area contributed by atoms with E-state index in [4.69, 9.17) is 10.8 Å². The number of nitrogen functional groups attached to an aromatic ring is 1. The lowest BCUT2D eigenvalue weighted by Crippen LogP contribution is -2.28. The van der Waals surface area contributed by atoms with E-state index in [1.165, 1.54) is 0 Å². The lowest BCUT2D eigenvalue weighted by molar-refractivity contribution is 0.0956. The van der Waals surface area contributed by atoms with Gasteiger partial charge in [0.1, 0.15) is 0 Å². The van der Waals surface area contributed by atoms with Crippen molar-refractivity contribution in [3.8, 4) is 0 Å². The summed E-state index contributed by atoms with van der Waals surface area (Å²) in [5.41, 5.74) is 8.10. The molecule has 2 rings (SSSR count). The van der Waals surface area contributed by atoms with Gasteiger partial charge in [-0.1, -0.05) is 0 Å². The number of carbonyl (C=O) groups excluding carboxylic acids is 1. The van der Waals surface area contributed by atoms with Gasteiger partial charge in [-0.05, 0) is 43.9 Å². The van der Waals surface area contributed by atoms with E-state index in [2.05, 4.69) is 10.2 Å². The first-order chi connectivity index (χ1) is 9.65. The van der Waals surface area contributed by atoms with Crippen molar-refractivity contribution in [2.45, 2.75) is 19.8 Å². The molecule has 1 aromatic carbocycles. The maximum atomic E-state index is 12.1. The minimum atomic E-state index is -0.0619. The molecule has 0 aromatic heterocycles. The van der Waals surface area contributed by atoms with Crippen molar-refractivity contribution in [3.63, 3.8) is 0 Å². The largest absolute Gasteiger partial charge is 0.399 e. The van der Waals surface area contributed by atoms with Crippen LogP contribution in [0.3, 0.4) is 0 Å². The summed E-state index contributed by atoms with van der Waals surface area (Å²) in [5.74, 6) is 0.427. The highest BCUT2D eigenvalue weighted by Gasteiger charge is 2.25. The smallest absolute Gasteiger partial charge is 0.253 e. The van der Waals surface area contributed by atoms with E-state index in [1.54, 1.807) is 12.1 Å². The number of nitrogens with zero attached hydrogens (tertiary/aromatic N) is 1. The highest BCUT2D eigenvalue weighted by atomic mass is 16.3. The maximum Gasteiger partial charge on any atom is 0.253 e. The first kappa shape index (κ1) is 14.7. The van der Waals surface area contributed by atoms with Crippen LogP contribution in [0.5, 0.6) is 0 Å². The Morgan fingerprint density at radius 1 is 1.55 bits per heavy atom. The number of hydrogen-bond donors (Lipinski definition) is 3. The summed E-state index contributed by atoms with van der Waals surface area (Å²) in [7, 11) is 0. The molecule has 20 heavy (non-hydrogen) atoms. The normalized spacial score (nSPS) is 18.3. The number of rotatable bonds is 5. The van der Waals surface area contributed by atoms with Crippen LogP contribution in [0.4, 0.5) is 11.4 Å². The van der Waals surface area contributed by atoms with Gasteiger partial charge in [0.25, 0.3) is 5.91 Å². The van der Waals surface area contributed by atoms with Gasteiger partial charge >= 0.3 is 0 Å². The first-order valence-electron chi connectivity index (χ1n) is 7.19. The van der Waals surface area contributed by atoms with Gasteiger partial charge in [0.05, 0.1) is 11.3 Å². The van der Waals surface area contributed by atoms with Gasteiger partial charge in [0, 0.05) is 31.9 Å². The van der Waals surface area contributed by atoms with Gasteiger partial charge in [0.2, 0.25) is 0 Å².